The van der Waals surface area contributed by atoms with Crippen LogP contribution in [0.4, 0.5) is 0 Å². The molecule has 25 heavy (non-hydrogen) atoms. The van der Waals surface area contributed by atoms with Gasteiger partial charge in [-0.2, -0.15) is 0 Å². The molecule has 0 bridgehead atoms. The number of hydrogen-bond acceptors (Lipinski definition) is 7. The Hall–Kier alpha value is 0.560. The van der Waals surface area contributed by atoms with Gasteiger partial charge < -0.3 is 17.3 Å². The molecule has 0 spiro atoms. The summed E-state index contributed by atoms with van der Waals surface area (Å²) in [5, 5.41) is 11.0. The van der Waals surface area contributed by atoms with E-state index in [1.165, 1.54) is 6.21 Å². The van der Waals surface area contributed by atoms with E-state index in [9.17, 15) is 4.79 Å². The molecule has 2 aromatic rings. The molecule has 2 aromatic heterocycles. The van der Waals surface area contributed by atoms with E-state index in [-0.39, 0.29) is 110 Å². The van der Waals surface area contributed by atoms with Gasteiger partial charge in [0.1, 0.15) is 6.21 Å². The molecule has 128 valence electrons. The minimum atomic E-state index is 0. The minimum Gasteiger partial charge on any atom is -0.427 e. The molecule has 0 atom stereocenters. The second kappa shape index (κ2) is 17.9. The van der Waals surface area contributed by atoms with Gasteiger partial charge in [-0.05, 0) is 0 Å². The number of aryl methyl sites for hydroxylation is 4. The van der Waals surface area contributed by atoms with Crippen molar-refractivity contribution in [3.8, 4) is 0 Å². The van der Waals surface area contributed by atoms with Crippen LogP contribution in [0.25, 0.3) is 0 Å². The molecular weight excluding hydrogens is 698 g/mol. The smallest absolute Gasteiger partial charge is 0.187 e. The summed E-state index contributed by atoms with van der Waals surface area (Å²) < 4.78 is 0. The van der Waals surface area contributed by atoms with E-state index >= 15 is 0 Å². The SMILES string of the molecule is C.Cc1[c-]c(C)nc(/C=N/O)n1.Cc1[c-]c(C)nc(C=O)n1.[U].[Y].[Y]. The average molecular weight is 717 g/mol. The van der Waals surface area contributed by atoms with E-state index in [1.807, 2.05) is 13.8 Å². The molecule has 10 heteroatoms. The first kappa shape index (κ1) is 33.2. The maximum atomic E-state index is 10.2. The number of carbonyl (C=O) groups is 1. The number of hydrogen-bond donors (Lipinski definition) is 1. The van der Waals surface area contributed by atoms with Crippen LogP contribution in [0.3, 0.4) is 0 Å². The van der Waals surface area contributed by atoms with Gasteiger partial charge in [-0.3, -0.25) is 24.7 Å². The quantitative estimate of drug-likeness (QED) is 0.168. The van der Waals surface area contributed by atoms with E-state index in [4.69, 9.17) is 5.21 Å². The maximum absolute atomic E-state index is 10.2. The molecule has 2 rings (SSSR count). The van der Waals surface area contributed by atoms with Crippen LogP contribution in [0.15, 0.2) is 5.16 Å². The molecule has 0 fully saturated rings. The summed E-state index contributed by atoms with van der Waals surface area (Å²) in [5.74, 6) is 0.634. The van der Waals surface area contributed by atoms with Gasteiger partial charge in [-0.1, -0.05) is 40.3 Å². The van der Waals surface area contributed by atoms with E-state index in [0.717, 1.165) is 11.4 Å². The van der Waals surface area contributed by atoms with Crippen molar-refractivity contribution in [3.63, 3.8) is 0 Å². The summed E-state index contributed by atoms with van der Waals surface area (Å²) in [4.78, 5) is 25.7. The summed E-state index contributed by atoms with van der Waals surface area (Å²) in [6, 6.07) is 5.77. The molecule has 0 aliphatic rings. The second-order valence-electron chi connectivity index (χ2n) is 4.12. The van der Waals surface area contributed by atoms with Gasteiger partial charge in [0.05, 0.1) is 0 Å². The largest absolute Gasteiger partial charge is 0.427 e. The summed E-state index contributed by atoms with van der Waals surface area (Å²) in [6.45, 7) is 7.18. The Balaban J connectivity index is -0.000000152. The van der Waals surface area contributed by atoms with Crippen LogP contribution in [0.2, 0.25) is 0 Å². The first-order valence-corrected chi connectivity index (χ1v) is 6.06. The monoisotopic (exact) mass is 717 g/mol. The molecule has 7 nitrogen and oxygen atoms in total. The molecule has 0 unspecified atom stereocenters. The molecule has 0 saturated carbocycles. The predicted molar refractivity (Wildman–Crippen MR) is 82.2 cm³/mol. The molecule has 0 aromatic carbocycles. The third-order valence-electron chi connectivity index (χ3n) is 2.13. The van der Waals surface area contributed by atoms with Gasteiger partial charge in [0.25, 0.3) is 0 Å². The maximum Gasteiger partial charge on any atom is 0.187 e. The van der Waals surface area contributed by atoms with Gasteiger partial charge >= 0.3 is 0 Å². The van der Waals surface area contributed by atoms with Crippen LogP contribution in [0, 0.1) is 70.9 Å². The van der Waals surface area contributed by atoms with Crippen molar-refractivity contribution in [2.24, 2.45) is 5.16 Å². The first-order chi connectivity index (χ1) is 9.94. The topological polar surface area (TPSA) is 101 Å². The van der Waals surface area contributed by atoms with E-state index in [2.05, 4.69) is 37.2 Å². The van der Waals surface area contributed by atoms with E-state index < -0.39 is 0 Å². The zero-order valence-corrected chi connectivity index (χ0v) is 23.7. The van der Waals surface area contributed by atoms with Gasteiger partial charge in [0.2, 0.25) is 0 Å². The summed E-state index contributed by atoms with van der Waals surface area (Å²) in [7, 11) is 0. The van der Waals surface area contributed by atoms with Crippen LogP contribution in [-0.4, -0.2) is 37.6 Å². The van der Waals surface area contributed by atoms with Gasteiger partial charge in [0.15, 0.2) is 17.9 Å². The van der Waals surface area contributed by atoms with E-state index in [0.29, 0.717) is 23.5 Å². The number of aromatic nitrogens is 4. The number of oxime groups is 1. The Morgan fingerprint density at radius 3 is 1.44 bits per heavy atom. The molecule has 0 amide bonds. The standard InChI is InChI=1S/C7H8N3O.C7H7N2O.CH4.U.2Y/c1-5-3-6(2)10-7(9-5)4-8-11;1-5-3-6(2)9-7(4-10)8-5;;;;/h4,11H,1-2H3;4H,1-2H3;1H4;;;/q2*-1;;;;/b8-4+;;;;;. The van der Waals surface area contributed by atoms with Gasteiger partial charge in [0, 0.05) is 96.5 Å². The van der Waals surface area contributed by atoms with Crippen molar-refractivity contribution in [2.75, 3.05) is 0 Å². The molecule has 0 saturated heterocycles. The van der Waals surface area contributed by atoms with Gasteiger partial charge in [-0.15, -0.1) is 22.8 Å². The van der Waals surface area contributed by atoms with Crippen molar-refractivity contribution in [3.05, 3.63) is 46.6 Å². The van der Waals surface area contributed by atoms with Crippen LogP contribution in [0.5, 0.6) is 0 Å². The van der Waals surface area contributed by atoms with Crippen molar-refractivity contribution >= 4 is 12.5 Å². The van der Waals surface area contributed by atoms with Crippen LogP contribution in [0.1, 0.15) is 46.6 Å². The normalized spacial score (nSPS) is 8.48. The Morgan fingerprint density at radius 2 is 1.16 bits per heavy atom. The Morgan fingerprint density at radius 1 is 0.840 bits per heavy atom. The summed E-state index contributed by atoms with van der Waals surface area (Å²) >= 11 is 0. The zero-order valence-electron chi connectivity index (χ0n) is 13.9. The zero-order chi connectivity index (χ0) is 15.8. The van der Waals surface area contributed by atoms with Crippen molar-refractivity contribution < 1.29 is 107 Å². The Bertz CT molecular complexity index is 632. The Labute approximate surface area is 222 Å². The first-order valence-electron chi connectivity index (χ1n) is 6.06. The predicted octanol–water partition coefficient (Wildman–Crippen LogP) is 2.04. The molecule has 1 N–H and O–H groups in total. The van der Waals surface area contributed by atoms with Gasteiger partial charge in [-0.25, -0.2) is 0 Å². The van der Waals surface area contributed by atoms with Crippen LogP contribution < -0.4 is 0 Å². The number of aldehydes is 1. The molecule has 2 radical (unpaired) electrons. The number of carbonyl (C=O) groups excluding carboxylic acids is 1. The third kappa shape index (κ3) is 14.3. The fourth-order valence-electron chi connectivity index (χ4n) is 1.53. The van der Waals surface area contributed by atoms with Crippen molar-refractivity contribution in [2.45, 2.75) is 35.1 Å². The van der Waals surface area contributed by atoms with Crippen molar-refractivity contribution in [1.29, 1.82) is 0 Å². The van der Waals surface area contributed by atoms with Crippen molar-refractivity contribution in [1.82, 2.24) is 19.9 Å². The summed E-state index contributed by atoms with van der Waals surface area (Å²) in [6.07, 6.45) is 1.82. The minimum absolute atomic E-state index is 0. The fourth-order valence-corrected chi connectivity index (χ4v) is 1.53. The molecular formula is C15H19N5O2UY2-2. The average Bonchev–Trinajstić information content (AvgIpc) is 2.37. The molecule has 2 heterocycles. The second-order valence-corrected chi connectivity index (χ2v) is 4.12. The van der Waals surface area contributed by atoms with Crippen LogP contribution in [-0.2, 0) is 65.4 Å². The number of nitrogens with zero attached hydrogens (tertiary/aromatic N) is 5. The molecule has 0 aliphatic heterocycles. The Kier molecular flexibility index (Phi) is 23.8. The number of rotatable bonds is 2. The molecule has 0 aliphatic carbocycles. The summed E-state index contributed by atoms with van der Waals surface area (Å²) in [5.41, 5.74) is 2.89. The fraction of sp³-hybridized carbons (Fsp3) is 0.333. The van der Waals surface area contributed by atoms with Crippen LogP contribution >= 0.6 is 0 Å². The third-order valence-corrected chi connectivity index (χ3v) is 2.13. The van der Waals surface area contributed by atoms with E-state index in [1.54, 1.807) is 13.8 Å².